The van der Waals surface area contributed by atoms with Crippen molar-refractivity contribution in [2.45, 2.75) is 31.8 Å². The lowest BCUT2D eigenvalue weighted by Gasteiger charge is -2.24. The summed E-state index contributed by atoms with van der Waals surface area (Å²) in [6.45, 7) is 1.38. The second kappa shape index (κ2) is 17.7. The number of amides is 3. The van der Waals surface area contributed by atoms with E-state index in [1.54, 1.807) is 36.4 Å². The molecule has 0 fully saturated rings. The lowest BCUT2D eigenvalue weighted by molar-refractivity contribution is 0.0993. The van der Waals surface area contributed by atoms with E-state index in [1.807, 2.05) is 4.72 Å². The van der Waals surface area contributed by atoms with Gasteiger partial charge >= 0.3 is 16.2 Å². The molecule has 17 heteroatoms. The summed E-state index contributed by atoms with van der Waals surface area (Å²) in [6, 6.07) is 17.3. The summed E-state index contributed by atoms with van der Waals surface area (Å²) in [5, 5.41) is 2.52. The Morgan fingerprint density at radius 2 is 1.19 bits per heavy atom. The third-order valence-electron chi connectivity index (χ3n) is 9.01. The number of halogens is 5. The van der Waals surface area contributed by atoms with Gasteiger partial charge in [-0.2, -0.15) is 13.1 Å². The Morgan fingerprint density at radius 3 is 1.73 bits per heavy atom. The van der Waals surface area contributed by atoms with Gasteiger partial charge in [-0.15, -0.1) is 0 Å². The van der Waals surface area contributed by atoms with Gasteiger partial charge in [-0.3, -0.25) is 19.6 Å². The highest BCUT2D eigenvalue weighted by Gasteiger charge is 2.28. The third kappa shape index (κ3) is 10.6. The molecule has 0 saturated carbocycles. The first-order chi connectivity index (χ1) is 28.0. The lowest BCUT2D eigenvalue weighted by Crippen LogP contribution is -2.48. The molecule has 6 rings (SSSR count). The van der Waals surface area contributed by atoms with Crippen molar-refractivity contribution in [3.05, 3.63) is 178 Å². The van der Waals surface area contributed by atoms with Crippen LogP contribution >= 0.6 is 0 Å². The van der Waals surface area contributed by atoms with Crippen LogP contribution in [0.5, 0.6) is 0 Å². The monoisotopic (exact) mass is 828 g/mol. The van der Waals surface area contributed by atoms with Crippen LogP contribution in [0.25, 0.3) is 22.3 Å². The number of Topliss-reactive ketones (excluding diaryl/α,β-unsaturated/α-hetero) is 1. The van der Waals surface area contributed by atoms with Crippen LogP contribution in [0.15, 0.2) is 116 Å². The first kappa shape index (κ1) is 41.8. The van der Waals surface area contributed by atoms with Crippen LogP contribution < -0.4 is 20.5 Å². The van der Waals surface area contributed by atoms with E-state index < -0.39 is 75.3 Å². The topological polar surface area (TPSA) is 173 Å². The van der Waals surface area contributed by atoms with Gasteiger partial charge in [0.2, 0.25) is 0 Å². The summed E-state index contributed by atoms with van der Waals surface area (Å²) in [5.74, 6) is -5.97. The summed E-state index contributed by atoms with van der Waals surface area (Å²) >= 11 is 0. The number of hydrogen-bond acceptors (Lipinski definition) is 7. The number of rotatable bonds is 14. The van der Waals surface area contributed by atoms with Crippen LogP contribution in [-0.2, 0) is 23.1 Å². The predicted octanol–water partition coefficient (Wildman–Crippen LogP) is 7.21. The zero-order valence-electron chi connectivity index (χ0n) is 30.8. The summed E-state index contributed by atoms with van der Waals surface area (Å²) in [7, 11) is -4.94. The van der Waals surface area contributed by atoms with E-state index in [-0.39, 0.29) is 45.8 Å². The molecule has 0 saturated heterocycles. The van der Waals surface area contributed by atoms with Gasteiger partial charge in [0.1, 0.15) is 29.1 Å². The highest BCUT2D eigenvalue weighted by Crippen LogP contribution is 2.32. The van der Waals surface area contributed by atoms with Crippen molar-refractivity contribution in [3.63, 3.8) is 0 Å². The molecule has 302 valence electrons. The Kier molecular flexibility index (Phi) is 12.6. The summed E-state index contributed by atoms with van der Waals surface area (Å²) in [6.07, 6.45) is 1.96. The van der Waals surface area contributed by atoms with Gasteiger partial charge in [-0.05, 0) is 96.6 Å². The summed E-state index contributed by atoms with van der Waals surface area (Å²) in [5.41, 5.74) is 6.65. The average molecular weight is 829 g/mol. The van der Waals surface area contributed by atoms with E-state index in [1.165, 1.54) is 37.5 Å². The zero-order valence-corrected chi connectivity index (χ0v) is 31.7. The van der Waals surface area contributed by atoms with Crippen molar-refractivity contribution >= 4 is 27.9 Å². The molecular weight excluding hydrogens is 796 g/mol. The Balaban J connectivity index is 1.35. The lowest BCUT2D eigenvalue weighted by atomic mass is 9.94. The third-order valence-corrected chi connectivity index (χ3v) is 10.1. The molecule has 2 atom stereocenters. The Labute approximate surface area is 334 Å². The van der Waals surface area contributed by atoms with Crippen molar-refractivity contribution < 1.29 is 44.8 Å². The SMILES string of the molecule is CC(=O)c1cccc(-c2cccnc2[C@H](Cc2cc(F)cc(F)c2)NC(=O)NS(=O)(=O)N[C@@H](Cc2cc(F)cc(F)c2)c2ncccc2-c2ccc(F)c(C(N)=O)c2)c1. The standard InChI is InChI=1S/C42H33F5N6O5S/c1-23(54)26-5-2-6-27(19-26)33-7-3-11-49-39(33)37(17-24-13-29(43)21-30(44)14-24)51-42(56)53-59(57,58)52-38(18-25-15-31(45)22-32(46)16-25)40-34(8-4-12-50-40)28-9-10-36(47)35(20-28)41(48)55/h2-16,19-22,37-38,52H,17-18H2,1H3,(H2,48,55)(H2,51,53,56)/t37-,38-/m0/s1. The number of nitrogens with zero attached hydrogens (tertiary/aromatic N) is 2. The largest absolute Gasteiger partial charge is 0.366 e. The second-order valence-electron chi connectivity index (χ2n) is 13.3. The molecule has 0 radical (unpaired) electrons. The van der Waals surface area contributed by atoms with Gasteiger partial charge in [0, 0.05) is 41.2 Å². The van der Waals surface area contributed by atoms with Crippen molar-refractivity contribution in [3.8, 4) is 22.3 Å². The molecule has 0 unspecified atom stereocenters. The number of urea groups is 1. The Morgan fingerprint density at radius 1 is 0.661 bits per heavy atom. The van der Waals surface area contributed by atoms with Crippen LogP contribution in [-0.4, -0.2) is 36.1 Å². The summed E-state index contributed by atoms with van der Waals surface area (Å²) < 4.78 is 104. The van der Waals surface area contributed by atoms with E-state index >= 15 is 0 Å². The van der Waals surface area contributed by atoms with Gasteiger partial charge in [-0.25, -0.2) is 31.5 Å². The smallest absolute Gasteiger partial charge is 0.329 e. The molecule has 4 aromatic carbocycles. The van der Waals surface area contributed by atoms with Gasteiger partial charge in [0.05, 0.1) is 29.0 Å². The van der Waals surface area contributed by atoms with E-state index in [2.05, 4.69) is 20.0 Å². The van der Waals surface area contributed by atoms with E-state index in [0.29, 0.717) is 28.8 Å². The van der Waals surface area contributed by atoms with Crippen molar-refractivity contribution in [2.24, 2.45) is 5.73 Å². The van der Waals surface area contributed by atoms with Gasteiger partial charge in [-0.1, -0.05) is 36.4 Å². The fourth-order valence-electron chi connectivity index (χ4n) is 6.53. The number of nitrogens with one attached hydrogen (secondary N) is 3. The number of primary amides is 1. The maximum Gasteiger partial charge on any atom is 0.329 e. The number of carbonyl (C=O) groups excluding carboxylic acids is 3. The van der Waals surface area contributed by atoms with Crippen LogP contribution in [0.4, 0.5) is 26.7 Å². The number of aromatic nitrogens is 2. The van der Waals surface area contributed by atoms with Crippen LogP contribution in [0, 0.1) is 29.1 Å². The number of hydrogen-bond donors (Lipinski definition) is 4. The minimum Gasteiger partial charge on any atom is -0.366 e. The molecule has 0 aliphatic heterocycles. The number of ketones is 1. The Hall–Kier alpha value is -6.85. The molecule has 0 bridgehead atoms. The maximum atomic E-state index is 14.4. The Bertz CT molecular complexity index is 2660. The highest BCUT2D eigenvalue weighted by molar-refractivity contribution is 7.88. The fourth-order valence-corrected chi connectivity index (χ4v) is 7.46. The van der Waals surface area contributed by atoms with Crippen molar-refractivity contribution in [1.29, 1.82) is 0 Å². The minimum absolute atomic E-state index is 0.0212. The van der Waals surface area contributed by atoms with Gasteiger partial charge in [0.15, 0.2) is 5.78 Å². The molecule has 0 aliphatic rings. The molecule has 59 heavy (non-hydrogen) atoms. The normalized spacial score (nSPS) is 12.4. The molecule has 0 spiro atoms. The van der Waals surface area contributed by atoms with Crippen molar-refractivity contribution in [2.75, 3.05) is 0 Å². The van der Waals surface area contributed by atoms with E-state index in [0.717, 1.165) is 36.4 Å². The van der Waals surface area contributed by atoms with E-state index in [9.17, 15) is 44.8 Å². The number of benzene rings is 4. The first-order valence-corrected chi connectivity index (χ1v) is 19.1. The summed E-state index contributed by atoms with van der Waals surface area (Å²) in [4.78, 5) is 46.6. The number of pyridine rings is 2. The van der Waals surface area contributed by atoms with Crippen molar-refractivity contribution in [1.82, 2.24) is 24.7 Å². The minimum atomic E-state index is -4.94. The molecule has 2 heterocycles. The molecule has 6 aromatic rings. The number of carbonyl (C=O) groups is 3. The van der Waals surface area contributed by atoms with E-state index in [4.69, 9.17) is 5.73 Å². The van der Waals surface area contributed by atoms with Gasteiger partial charge < -0.3 is 11.1 Å². The van der Waals surface area contributed by atoms with Crippen LogP contribution in [0.3, 0.4) is 0 Å². The zero-order chi connectivity index (χ0) is 42.4. The molecular formula is C42H33F5N6O5S. The molecule has 3 amide bonds. The highest BCUT2D eigenvalue weighted by atomic mass is 32.2. The average Bonchev–Trinajstić information content (AvgIpc) is 3.16. The predicted molar refractivity (Wildman–Crippen MR) is 207 cm³/mol. The quantitative estimate of drug-likeness (QED) is 0.0664. The molecule has 5 N–H and O–H groups in total. The second-order valence-corrected chi connectivity index (χ2v) is 14.8. The molecule has 0 aliphatic carbocycles. The fraction of sp³-hybridized carbons (Fsp3) is 0.119. The first-order valence-electron chi connectivity index (χ1n) is 17.7. The maximum absolute atomic E-state index is 14.4. The van der Waals surface area contributed by atoms with Crippen LogP contribution in [0.2, 0.25) is 0 Å². The van der Waals surface area contributed by atoms with Crippen LogP contribution in [0.1, 0.15) is 62.2 Å². The molecule has 11 nitrogen and oxygen atoms in total. The van der Waals surface area contributed by atoms with Gasteiger partial charge in [0.25, 0.3) is 5.91 Å². The number of nitrogens with two attached hydrogens (primary N) is 1. The molecule has 2 aromatic heterocycles.